The number of aliphatic hydroxyl groups is 1. The molecule has 2 heterocycles. The molecule has 3 rings (SSSR count). The third kappa shape index (κ3) is 3.89. The van der Waals surface area contributed by atoms with E-state index in [1.54, 1.807) is 24.0 Å². The Kier molecular flexibility index (Phi) is 4.89. The smallest absolute Gasteiger partial charge is 0.256 e. The van der Waals surface area contributed by atoms with E-state index in [0.29, 0.717) is 30.8 Å². The van der Waals surface area contributed by atoms with Crippen LogP contribution in [0.2, 0.25) is 0 Å². The molecule has 0 radical (unpaired) electrons. The number of amides is 1. The Morgan fingerprint density at radius 1 is 1.28 bits per heavy atom. The van der Waals surface area contributed by atoms with Gasteiger partial charge in [0.1, 0.15) is 0 Å². The summed E-state index contributed by atoms with van der Waals surface area (Å²) in [6, 6.07) is 7.41. The lowest BCUT2D eigenvalue weighted by Crippen LogP contribution is -2.42. The molecule has 1 aromatic heterocycles. The molecule has 8 nitrogen and oxygen atoms in total. The number of hydrogen-bond donors (Lipinski definition) is 2. The van der Waals surface area contributed by atoms with Crippen molar-refractivity contribution >= 4 is 21.7 Å². The molecule has 1 atom stereocenters. The van der Waals surface area contributed by atoms with Gasteiger partial charge in [-0.1, -0.05) is 0 Å². The van der Waals surface area contributed by atoms with Crippen molar-refractivity contribution in [2.45, 2.75) is 23.8 Å². The summed E-state index contributed by atoms with van der Waals surface area (Å²) < 4.78 is 28.1. The minimum Gasteiger partial charge on any atom is -0.392 e. The highest BCUT2D eigenvalue weighted by atomic mass is 32.2. The van der Waals surface area contributed by atoms with E-state index in [1.807, 2.05) is 0 Å². The lowest BCUT2D eigenvalue weighted by Gasteiger charge is -2.29. The van der Waals surface area contributed by atoms with Crippen LogP contribution in [0, 0.1) is 0 Å². The molecule has 1 saturated heterocycles. The topological polar surface area (TPSA) is 105 Å². The highest BCUT2D eigenvalue weighted by molar-refractivity contribution is 7.89. The maximum absolute atomic E-state index is 12.6. The zero-order valence-electron chi connectivity index (χ0n) is 13.8. The minimum atomic E-state index is -3.67. The number of nitrogens with one attached hydrogen (secondary N) is 1. The fourth-order valence-electron chi connectivity index (χ4n) is 2.74. The number of piperidine rings is 1. The van der Waals surface area contributed by atoms with Crippen molar-refractivity contribution in [3.63, 3.8) is 0 Å². The first-order valence-electron chi connectivity index (χ1n) is 7.95. The maximum Gasteiger partial charge on any atom is 0.256 e. The van der Waals surface area contributed by atoms with Crippen molar-refractivity contribution in [1.82, 2.24) is 14.1 Å². The standard InChI is InChI=1S/C16H20N4O4S/c1-19-10-8-15(18-19)17-16(22)12-4-6-14(7-5-12)25(23,24)20-9-2-3-13(21)11-20/h4-8,10,13,21H,2-3,9,11H2,1H3,(H,17,18,22)/t13-/m0/s1. The maximum atomic E-state index is 12.6. The predicted octanol–water partition coefficient (Wildman–Crippen LogP) is 0.818. The Morgan fingerprint density at radius 3 is 2.60 bits per heavy atom. The van der Waals surface area contributed by atoms with Crippen molar-refractivity contribution < 1.29 is 18.3 Å². The van der Waals surface area contributed by atoms with E-state index >= 15 is 0 Å². The lowest BCUT2D eigenvalue weighted by atomic mass is 10.1. The SMILES string of the molecule is Cn1ccc(NC(=O)c2ccc(S(=O)(=O)N3CCC[C@H](O)C3)cc2)n1. The first kappa shape index (κ1) is 17.6. The Bertz CT molecular complexity index is 861. The van der Waals surface area contributed by atoms with Crippen LogP contribution < -0.4 is 5.32 Å². The number of nitrogens with zero attached hydrogens (tertiary/aromatic N) is 3. The molecule has 9 heteroatoms. The van der Waals surface area contributed by atoms with Crippen LogP contribution in [0.4, 0.5) is 5.82 Å². The summed E-state index contributed by atoms with van der Waals surface area (Å²) in [5.41, 5.74) is 0.336. The number of aromatic nitrogens is 2. The van der Waals surface area contributed by atoms with E-state index in [2.05, 4.69) is 10.4 Å². The normalized spacial score (nSPS) is 18.9. The van der Waals surface area contributed by atoms with Crippen LogP contribution in [0.5, 0.6) is 0 Å². The monoisotopic (exact) mass is 364 g/mol. The number of hydrogen-bond acceptors (Lipinski definition) is 5. The van der Waals surface area contributed by atoms with E-state index < -0.39 is 16.1 Å². The Hall–Kier alpha value is -2.23. The molecule has 0 bridgehead atoms. The summed E-state index contributed by atoms with van der Waals surface area (Å²) in [5.74, 6) is 0.0579. The van der Waals surface area contributed by atoms with Gasteiger partial charge in [-0.2, -0.15) is 9.40 Å². The molecule has 1 aromatic carbocycles. The molecule has 0 saturated carbocycles. The average molecular weight is 364 g/mol. The van der Waals surface area contributed by atoms with Crippen molar-refractivity contribution in [2.24, 2.45) is 7.05 Å². The van der Waals surface area contributed by atoms with Crippen molar-refractivity contribution in [1.29, 1.82) is 0 Å². The second-order valence-electron chi connectivity index (χ2n) is 6.01. The van der Waals surface area contributed by atoms with Crippen molar-refractivity contribution in [3.05, 3.63) is 42.1 Å². The van der Waals surface area contributed by atoms with Gasteiger partial charge in [0, 0.05) is 38.0 Å². The summed E-state index contributed by atoms with van der Waals surface area (Å²) >= 11 is 0. The quantitative estimate of drug-likeness (QED) is 0.836. The van der Waals surface area contributed by atoms with Gasteiger partial charge in [-0.05, 0) is 37.1 Å². The van der Waals surface area contributed by atoms with Gasteiger partial charge in [-0.15, -0.1) is 0 Å². The molecule has 1 fully saturated rings. The molecule has 2 N–H and O–H groups in total. The predicted molar refractivity (Wildman–Crippen MR) is 91.6 cm³/mol. The molecule has 25 heavy (non-hydrogen) atoms. The van der Waals surface area contributed by atoms with Gasteiger partial charge < -0.3 is 10.4 Å². The van der Waals surface area contributed by atoms with E-state index in [1.165, 1.54) is 28.6 Å². The molecule has 1 amide bonds. The Morgan fingerprint density at radius 2 is 2.00 bits per heavy atom. The molecule has 134 valence electrons. The molecular formula is C16H20N4O4S. The summed E-state index contributed by atoms with van der Waals surface area (Å²) in [7, 11) is -1.92. The van der Waals surface area contributed by atoms with Crippen molar-refractivity contribution in [3.8, 4) is 0 Å². The van der Waals surface area contributed by atoms with Crippen LogP contribution in [0.3, 0.4) is 0 Å². The van der Waals surface area contributed by atoms with Crippen LogP contribution in [0.25, 0.3) is 0 Å². The second-order valence-corrected chi connectivity index (χ2v) is 7.95. The molecule has 0 aliphatic carbocycles. The Labute approximate surface area is 146 Å². The van der Waals surface area contributed by atoms with Gasteiger partial charge in [-0.3, -0.25) is 9.48 Å². The lowest BCUT2D eigenvalue weighted by molar-refractivity contribution is 0.102. The molecule has 1 aliphatic heterocycles. The van der Waals surface area contributed by atoms with Crippen LogP contribution in [0.1, 0.15) is 23.2 Å². The third-order valence-corrected chi connectivity index (χ3v) is 5.95. The van der Waals surface area contributed by atoms with Gasteiger partial charge in [0.2, 0.25) is 10.0 Å². The molecule has 0 spiro atoms. The van der Waals surface area contributed by atoms with Gasteiger partial charge in [-0.25, -0.2) is 8.42 Å². The summed E-state index contributed by atoms with van der Waals surface area (Å²) in [6.07, 6.45) is 2.31. The highest BCUT2D eigenvalue weighted by Crippen LogP contribution is 2.21. The number of sulfonamides is 1. The zero-order valence-corrected chi connectivity index (χ0v) is 14.6. The zero-order chi connectivity index (χ0) is 18.0. The first-order valence-corrected chi connectivity index (χ1v) is 9.39. The van der Waals surface area contributed by atoms with E-state index in [0.717, 1.165) is 0 Å². The largest absolute Gasteiger partial charge is 0.392 e. The van der Waals surface area contributed by atoms with Crippen molar-refractivity contribution in [2.75, 3.05) is 18.4 Å². The number of anilines is 1. The average Bonchev–Trinajstić information content (AvgIpc) is 3.00. The molecular weight excluding hydrogens is 344 g/mol. The summed E-state index contributed by atoms with van der Waals surface area (Å²) in [4.78, 5) is 12.3. The van der Waals surface area contributed by atoms with Crippen LogP contribution in [-0.4, -0.2) is 52.7 Å². The number of aryl methyl sites for hydroxylation is 1. The molecule has 2 aromatic rings. The number of benzene rings is 1. The Balaban J connectivity index is 1.74. The van der Waals surface area contributed by atoms with Crippen LogP contribution in [0.15, 0.2) is 41.4 Å². The fraction of sp³-hybridized carbons (Fsp3) is 0.375. The summed E-state index contributed by atoms with van der Waals surface area (Å²) in [5, 5.41) is 16.4. The van der Waals surface area contributed by atoms with Gasteiger partial charge in [0.05, 0.1) is 11.0 Å². The fourth-order valence-corrected chi connectivity index (χ4v) is 4.25. The molecule has 1 aliphatic rings. The second kappa shape index (κ2) is 6.95. The number of β-amino-alcohol motifs (C(OH)–C–C–N with tert-alkyl or cyclic N) is 1. The van der Waals surface area contributed by atoms with E-state index in [9.17, 15) is 18.3 Å². The highest BCUT2D eigenvalue weighted by Gasteiger charge is 2.29. The van der Waals surface area contributed by atoms with Crippen LogP contribution in [-0.2, 0) is 17.1 Å². The molecule has 0 unspecified atom stereocenters. The van der Waals surface area contributed by atoms with Crippen LogP contribution >= 0.6 is 0 Å². The first-order chi connectivity index (χ1) is 11.9. The van der Waals surface area contributed by atoms with Gasteiger partial charge in [0.15, 0.2) is 5.82 Å². The van der Waals surface area contributed by atoms with Gasteiger partial charge in [0.25, 0.3) is 5.91 Å². The minimum absolute atomic E-state index is 0.101. The number of aliphatic hydroxyl groups excluding tert-OH is 1. The third-order valence-electron chi connectivity index (χ3n) is 4.07. The summed E-state index contributed by atoms with van der Waals surface area (Å²) in [6.45, 7) is 0.492. The number of carbonyl (C=O) groups is 1. The van der Waals surface area contributed by atoms with E-state index in [-0.39, 0.29) is 17.3 Å². The van der Waals surface area contributed by atoms with Gasteiger partial charge >= 0.3 is 0 Å². The number of rotatable bonds is 4. The van der Waals surface area contributed by atoms with E-state index in [4.69, 9.17) is 0 Å². The number of carbonyl (C=O) groups excluding carboxylic acids is 1.